The highest BCUT2D eigenvalue weighted by molar-refractivity contribution is 6.31. The van der Waals surface area contributed by atoms with Gasteiger partial charge in [0.1, 0.15) is 11.9 Å². The first-order valence-electron chi connectivity index (χ1n) is 6.46. The van der Waals surface area contributed by atoms with Crippen molar-refractivity contribution in [2.24, 2.45) is 0 Å². The molecule has 0 saturated carbocycles. The predicted molar refractivity (Wildman–Crippen MR) is 73.4 cm³/mol. The monoisotopic (exact) mass is 315 g/mol. The fourth-order valence-corrected chi connectivity index (χ4v) is 2.47. The number of aliphatic carboxylic acids is 1. The van der Waals surface area contributed by atoms with E-state index in [1.54, 1.807) is 6.07 Å². The van der Waals surface area contributed by atoms with Crippen molar-refractivity contribution in [1.82, 2.24) is 4.90 Å². The first-order valence-corrected chi connectivity index (χ1v) is 6.84. The van der Waals surface area contributed by atoms with Crippen LogP contribution in [0, 0.1) is 5.82 Å². The first-order chi connectivity index (χ1) is 9.90. The molecule has 1 N–H and O–H groups in total. The van der Waals surface area contributed by atoms with Crippen LogP contribution in [0.2, 0.25) is 5.02 Å². The average molecular weight is 316 g/mol. The second-order valence-electron chi connectivity index (χ2n) is 4.92. The molecule has 2 rings (SSSR count). The van der Waals surface area contributed by atoms with Gasteiger partial charge in [0, 0.05) is 24.2 Å². The standard InChI is InChI=1S/C14H15ClFNO4/c1-17(7-8-9(15)3-2-4-10(8)16)13(18)11-5-6-12(21-11)14(19)20/h2-4,11-12H,5-7H2,1H3,(H,19,20). The number of hydrogen-bond acceptors (Lipinski definition) is 3. The van der Waals surface area contributed by atoms with Gasteiger partial charge in [-0.1, -0.05) is 17.7 Å². The summed E-state index contributed by atoms with van der Waals surface area (Å²) in [5.41, 5.74) is 0.225. The van der Waals surface area contributed by atoms with Crippen molar-refractivity contribution >= 4 is 23.5 Å². The van der Waals surface area contributed by atoms with Gasteiger partial charge in [0.25, 0.3) is 5.91 Å². The number of carbonyl (C=O) groups is 2. The Bertz CT molecular complexity index is 546. The molecule has 0 spiro atoms. The number of halogens is 2. The van der Waals surface area contributed by atoms with E-state index in [-0.39, 0.29) is 23.0 Å². The van der Waals surface area contributed by atoms with E-state index in [9.17, 15) is 14.0 Å². The van der Waals surface area contributed by atoms with Crippen LogP contribution in [-0.4, -0.2) is 41.1 Å². The summed E-state index contributed by atoms with van der Waals surface area (Å²) in [6, 6.07) is 4.30. The highest BCUT2D eigenvalue weighted by atomic mass is 35.5. The van der Waals surface area contributed by atoms with Crippen LogP contribution in [0.3, 0.4) is 0 Å². The number of nitrogens with zero attached hydrogens (tertiary/aromatic N) is 1. The Hall–Kier alpha value is -1.66. The molecular formula is C14H15ClFNO4. The zero-order valence-electron chi connectivity index (χ0n) is 11.4. The van der Waals surface area contributed by atoms with Crippen molar-refractivity contribution in [3.8, 4) is 0 Å². The number of hydrogen-bond donors (Lipinski definition) is 1. The fraction of sp³-hybridized carbons (Fsp3) is 0.429. The summed E-state index contributed by atoms with van der Waals surface area (Å²) in [5, 5.41) is 9.08. The molecule has 1 aromatic carbocycles. The molecule has 114 valence electrons. The van der Waals surface area contributed by atoms with Crippen molar-refractivity contribution in [3.63, 3.8) is 0 Å². The van der Waals surface area contributed by atoms with Gasteiger partial charge in [-0.2, -0.15) is 0 Å². The number of ether oxygens (including phenoxy) is 1. The molecule has 1 aliphatic heterocycles. The summed E-state index contributed by atoms with van der Waals surface area (Å²) in [5.74, 6) is -1.94. The Morgan fingerprint density at radius 3 is 2.67 bits per heavy atom. The summed E-state index contributed by atoms with van der Waals surface area (Å²) < 4.78 is 18.9. The van der Waals surface area contributed by atoms with Gasteiger partial charge >= 0.3 is 5.97 Å². The Labute approximate surface area is 126 Å². The van der Waals surface area contributed by atoms with Crippen molar-refractivity contribution in [2.45, 2.75) is 31.6 Å². The van der Waals surface area contributed by atoms with E-state index in [1.807, 2.05) is 0 Å². The van der Waals surface area contributed by atoms with E-state index in [2.05, 4.69) is 0 Å². The van der Waals surface area contributed by atoms with Crippen molar-refractivity contribution in [1.29, 1.82) is 0 Å². The lowest BCUT2D eigenvalue weighted by Gasteiger charge is -2.21. The zero-order valence-corrected chi connectivity index (χ0v) is 12.1. The zero-order chi connectivity index (χ0) is 15.6. The van der Waals surface area contributed by atoms with Gasteiger partial charge in [-0.3, -0.25) is 4.79 Å². The van der Waals surface area contributed by atoms with E-state index in [0.29, 0.717) is 12.8 Å². The number of rotatable bonds is 4. The van der Waals surface area contributed by atoms with E-state index >= 15 is 0 Å². The quantitative estimate of drug-likeness (QED) is 0.923. The molecule has 21 heavy (non-hydrogen) atoms. The molecule has 2 atom stereocenters. The van der Waals surface area contributed by atoms with Crippen LogP contribution in [0.15, 0.2) is 18.2 Å². The van der Waals surface area contributed by atoms with Gasteiger partial charge in [0.15, 0.2) is 6.10 Å². The Balaban J connectivity index is 2.02. The number of carbonyl (C=O) groups excluding carboxylic acids is 1. The van der Waals surface area contributed by atoms with Crippen LogP contribution in [-0.2, 0) is 20.9 Å². The molecule has 0 bridgehead atoms. The van der Waals surface area contributed by atoms with E-state index in [1.165, 1.54) is 24.1 Å². The number of amides is 1. The molecule has 0 aromatic heterocycles. The molecule has 1 fully saturated rings. The fourth-order valence-electron chi connectivity index (χ4n) is 2.24. The number of benzene rings is 1. The minimum absolute atomic E-state index is 0.00192. The predicted octanol–water partition coefficient (Wildman–Crippen LogP) is 2.07. The topological polar surface area (TPSA) is 66.8 Å². The third-order valence-corrected chi connectivity index (χ3v) is 3.76. The first kappa shape index (κ1) is 15.7. The molecule has 1 aromatic rings. The van der Waals surface area contributed by atoms with Gasteiger partial charge in [0.05, 0.1) is 0 Å². The molecule has 2 unspecified atom stereocenters. The maximum Gasteiger partial charge on any atom is 0.332 e. The summed E-state index contributed by atoms with van der Waals surface area (Å²) in [6.07, 6.45) is -1.13. The van der Waals surface area contributed by atoms with Crippen LogP contribution in [0.1, 0.15) is 18.4 Å². The summed E-state index contributed by atoms with van der Waals surface area (Å²) in [6.45, 7) is 0.00192. The largest absolute Gasteiger partial charge is 0.479 e. The van der Waals surface area contributed by atoms with E-state index < -0.39 is 24.0 Å². The maximum absolute atomic E-state index is 13.7. The van der Waals surface area contributed by atoms with Crippen LogP contribution >= 0.6 is 11.6 Å². The summed E-state index contributed by atoms with van der Waals surface area (Å²) in [4.78, 5) is 24.3. The van der Waals surface area contributed by atoms with Crippen LogP contribution in [0.4, 0.5) is 4.39 Å². The Morgan fingerprint density at radius 1 is 1.43 bits per heavy atom. The molecule has 7 heteroatoms. The molecule has 1 amide bonds. The molecule has 0 radical (unpaired) electrons. The normalized spacial score (nSPS) is 21.3. The lowest BCUT2D eigenvalue weighted by atomic mass is 10.1. The highest BCUT2D eigenvalue weighted by Gasteiger charge is 2.36. The molecule has 5 nitrogen and oxygen atoms in total. The number of carboxylic acid groups (broad SMARTS) is 1. The lowest BCUT2D eigenvalue weighted by molar-refractivity contribution is -0.154. The molecular weight excluding hydrogens is 301 g/mol. The minimum Gasteiger partial charge on any atom is -0.479 e. The number of carboxylic acids is 1. The molecule has 0 aliphatic carbocycles. The van der Waals surface area contributed by atoms with E-state index in [4.69, 9.17) is 21.4 Å². The SMILES string of the molecule is CN(Cc1c(F)cccc1Cl)C(=O)C1CCC(C(=O)O)O1. The maximum atomic E-state index is 13.7. The van der Waals surface area contributed by atoms with Gasteiger partial charge in [-0.25, -0.2) is 9.18 Å². The third-order valence-electron chi connectivity index (χ3n) is 3.40. The van der Waals surface area contributed by atoms with Gasteiger partial charge < -0.3 is 14.7 Å². The minimum atomic E-state index is -1.08. The van der Waals surface area contributed by atoms with Crippen molar-refractivity contribution in [2.75, 3.05) is 7.05 Å². The molecule has 1 heterocycles. The Morgan fingerprint density at radius 2 is 2.10 bits per heavy atom. The number of likely N-dealkylation sites (N-methyl/N-ethyl adjacent to an activating group) is 1. The second kappa shape index (κ2) is 6.41. The summed E-state index contributed by atoms with van der Waals surface area (Å²) in [7, 11) is 1.50. The van der Waals surface area contributed by atoms with Gasteiger partial charge in [-0.15, -0.1) is 0 Å². The van der Waals surface area contributed by atoms with Crippen molar-refractivity contribution < 1.29 is 23.8 Å². The van der Waals surface area contributed by atoms with Crippen LogP contribution < -0.4 is 0 Å². The Kier molecular flexibility index (Phi) is 4.80. The summed E-state index contributed by atoms with van der Waals surface area (Å²) >= 11 is 5.92. The highest BCUT2D eigenvalue weighted by Crippen LogP contribution is 2.24. The van der Waals surface area contributed by atoms with Gasteiger partial charge in [-0.05, 0) is 25.0 Å². The smallest absolute Gasteiger partial charge is 0.332 e. The molecule has 1 aliphatic rings. The van der Waals surface area contributed by atoms with Crippen LogP contribution in [0.25, 0.3) is 0 Å². The average Bonchev–Trinajstić information content (AvgIpc) is 2.92. The van der Waals surface area contributed by atoms with Crippen LogP contribution in [0.5, 0.6) is 0 Å². The van der Waals surface area contributed by atoms with E-state index in [0.717, 1.165) is 0 Å². The second-order valence-corrected chi connectivity index (χ2v) is 5.33. The van der Waals surface area contributed by atoms with Gasteiger partial charge in [0.2, 0.25) is 0 Å². The lowest BCUT2D eigenvalue weighted by Crippen LogP contribution is -2.37. The molecule has 1 saturated heterocycles. The van der Waals surface area contributed by atoms with Crippen molar-refractivity contribution in [3.05, 3.63) is 34.6 Å². The third kappa shape index (κ3) is 3.51.